The van der Waals surface area contributed by atoms with Crippen molar-refractivity contribution in [2.75, 3.05) is 0 Å². The number of carboxylic acid groups (broad SMARTS) is 1. The third-order valence-electron chi connectivity index (χ3n) is 3.80. The minimum Gasteiger partial charge on any atom is -0.478 e. The molecule has 0 unspecified atom stereocenters. The molecule has 0 spiro atoms. The van der Waals surface area contributed by atoms with E-state index < -0.39 is 5.97 Å². The number of carbonyl (C=O) groups is 1. The van der Waals surface area contributed by atoms with Gasteiger partial charge in [-0.25, -0.2) is 4.79 Å². The van der Waals surface area contributed by atoms with Crippen molar-refractivity contribution >= 4 is 5.97 Å². The number of nitrogens with zero attached hydrogens (tertiary/aromatic N) is 1. The van der Waals surface area contributed by atoms with Gasteiger partial charge in [-0.1, -0.05) is 30.7 Å². The van der Waals surface area contributed by atoms with E-state index in [0.717, 1.165) is 11.1 Å². The summed E-state index contributed by atoms with van der Waals surface area (Å²) in [5, 5.41) is 9.05. The molecular weight excluding hydrogens is 238 g/mol. The fourth-order valence-corrected chi connectivity index (χ4v) is 2.54. The fourth-order valence-electron chi connectivity index (χ4n) is 2.54. The Bertz CT molecular complexity index is 618. The van der Waals surface area contributed by atoms with Crippen LogP contribution in [0.1, 0.15) is 41.1 Å². The Morgan fingerprint density at radius 3 is 2.68 bits per heavy atom. The van der Waals surface area contributed by atoms with E-state index in [0.29, 0.717) is 5.92 Å². The van der Waals surface area contributed by atoms with Crippen LogP contribution in [0.3, 0.4) is 0 Å². The molecule has 1 aromatic carbocycles. The average Bonchev–Trinajstić information content (AvgIpc) is 2.37. The predicted molar refractivity (Wildman–Crippen MR) is 73.2 cm³/mol. The van der Waals surface area contributed by atoms with Crippen molar-refractivity contribution in [1.29, 1.82) is 0 Å². The molecule has 0 saturated heterocycles. The highest BCUT2D eigenvalue weighted by Gasteiger charge is 2.22. The lowest BCUT2D eigenvalue weighted by Crippen LogP contribution is -2.10. The molecule has 19 heavy (non-hydrogen) atoms. The van der Waals surface area contributed by atoms with E-state index in [4.69, 9.17) is 5.11 Å². The number of hydrogen-bond donors (Lipinski definition) is 1. The van der Waals surface area contributed by atoms with Gasteiger partial charge in [-0.2, -0.15) is 0 Å². The predicted octanol–water partition coefficient (Wildman–Crippen LogP) is 3.71. The third-order valence-corrected chi connectivity index (χ3v) is 3.80. The van der Waals surface area contributed by atoms with Crippen molar-refractivity contribution in [3.63, 3.8) is 0 Å². The zero-order chi connectivity index (χ0) is 13.2. The minimum atomic E-state index is -0.935. The number of hydrogen-bond acceptors (Lipinski definition) is 2. The summed E-state index contributed by atoms with van der Waals surface area (Å²) in [5.74, 6) is -0.319. The third kappa shape index (κ3) is 2.24. The van der Waals surface area contributed by atoms with Crippen LogP contribution >= 0.6 is 0 Å². The molecule has 1 aromatic heterocycles. The number of aromatic nitrogens is 1. The first kappa shape index (κ1) is 11.9. The van der Waals surface area contributed by atoms with Gasteiger partial charge >= 0.3 is 5.97 Å². The van der Waals surface area contributed by atoms with Gasteiger partial charge in [0.05, 0.1) is 5.56 Å². The number of carboxylic acids is 1. The van der Waals surface area contributed by atoms with E-state index >= 15 is 0 Å². The molecule has 3 heteroatoms. The minimum absolute atomic E-state index is 0.237. The van der Waals surface area contributed by atoms with Crippen LogP contribution in [0.15, 0.2) is 42.7 Å². The van der Waals surface area contributed by atoms with Crippen LogP contribution in [-0.2, 0) is 0 Å². The molecule has 1 saturated carbocycles. The second-order valence-electron chi connectivity index (χ2n) is 4.98. The molecule has 1 N–H and O–H groups in total. The summed E-state index contributed by atoms with van der Waals surface area (Å²) in [6.45, 7) is 0. The Balaban J connectivity index is 2.06. The Morgan fingerprint density at radius 2 is 2.00 bits per heavy atom. The molecule has 1 fully saturated rings. The second kappa shape index (κ2) is 4.84. The SMILES string of the molecule is O=C(O)c1cncc(-c2ccccc2C2CCC2)c1. The summed E-state index contributed by atoms with van der Waals surface area (Å²) in [7, 11) is 0. The lowest BCUT2D eigenvalue weighted by atomic mass is 9.77. The van der Waals surface area contributed by atoms with E-state index in [1.54, 1.807) is 12.3 Å². The van der Waals surface area contributed by atoms with Crippen LogP contribution in [0.5, 0.6) is 0 Å². The Morgan fingerprint density at radius 1 is 1.21 bits per heavy atom. The number of rotatable bonds is 3. The van der Waals surface area contributed by atoms with Gasteiger partial charge in [-0.05, 0) is 36.0 Å². The molecule has 1 aliphatic rings. The van der Waals surface area contributed by atoms with Gasteiger partial charge in [0.1, 0.15) is 0 Å². The maximum Gasteiger partial charge on any atom is 0.337 e. The van der Waals surface area contributed by atoms with Crippen molar-refractivity contribution in [2.24, 2.45) is 0 Å². The van der Waals surface area contributed by atoms with E-state index in [9.17, 15) is 4.79 Å². The fraction of sp³-hybridized carbons (Fsp3) is 0.250. The summed E-state index contributed by atoms with van der Waals surface area (Å²) in [6.07, 6.45) is 6.86. The first-order chi connectivity index (χ1) is 9.25. The Hall–Kier alpha value is -2.16. The lowest BCUT2D eigenvalue weighted by molar-refractivity contribution is 0.0696. The standard InChI is InChI=1S/C16H15NO2/c18-16(19)13-8-12(9-17-10-13)15-7-2-1-6-14(15)11-4-3-5-11/h1-2,6-11H,3-5H2,(H,18,19). The largest absolute Gasteiger partial charge is 0.478 e. The maximum absolute atomic E-state index is 11.0. The summed E-state index contributed by atoms with van der Waals surface area (Å²) in [6, 6.07) is 9.94. The highest BCUT2D eigenvalue weighted by molar-refractivity contribution is 5.89. The van der Waals surface area contributed by atoms with Crippen LogP contribution in [-0.4, -0.2) is 16.1 Å². The Labute approximate surface area is 111 Å². The van der Waals surface area contributed by atoms with Crippen molar-refractivity contribution in [3.8, 4) is 11.1 Å². The van der Waals surface area contributed by atoms with Gasteiger partial charge in [0.2, 0.25) is 0 Å². The lowest BCUT2D eigenvalue weighted by Gasteiger charge is -2.28. The summed E-state index contributed by atoms with van der Waals surface area (Å²) in [5.41, 5.74) is 3.56. The van der Waals surface area contributed by atoms with Gasteiger partial charge < -0.3 is 5.11 Å². The van der Waals surface area contributed by atoms with Crippen molar-refractivity contribution in [3.05, 3.63) is 53.9 Å². The van der Waals surface area contributed by atoms with E-state index in [-0.39, 0.29) is 5.56 Å². The molecule has 2 aromatic rings. The molecular formula is C16H15NO2. The van der Waals surface area contributed by atoms with Gasteiger partial charge in [0.15, 0.2) is 0 Å². The van der Waals surface area contributed by atoms with Crippen molar-refractivity contribution in [1.82, 2.24) is 4.98 Å². The quantitative estimate of drug-likeness (QED) is 0.907. The average molecular weight is 253 g/mol. The van der Waals surface area contributed by atoms with Crippen LogP contribution in [0, 0.1) is 0 Å². The van der Waals surface area contributed by atoms with E-state index in [1.807, 2.05) is 12.1 Å². The summed E-state index contributed by atoms with van der Waals surface area (Å²) < 4.78 is 0. The zero-order valence-corrected chi connectivity index (χ0v) is 10.5. The van der Waals surface area contributed by atoms with Crippen LogP contribution < -0.4 is 0 Å². The Kier molecular flexibility index (Phi) is 3.03. The summed E-state index contributed by atoms with van der Waals surface area (Å²) >= 11 is 0. The smallest absolute Gasteiger partial charge is 0.337 e. The molecule has 0 radical (unpaired) electrons. The van der Waals surface area contributed by atoms with Crippen LogP contribution in [0.2, 0.25) is 0 Å². The van der Waals surface area contributed by atoms with Crippen molar-refractivity contribution < 1.29 is 9.90 Å². The normalized spacial score (nSPS) is 14.9. The van der Waals surface area contributed by atoms with Gasteiger partial charge in [-0.15, -0.1) is 0 Å². The monoisotopic (exact) mass is 253 g/mol. The molecule has 0 bridgehead atoms. The topological polar surface area (TPSA) is 50.2 Å². The summed E-state index contributed by atoms with van der Waals surface area (Å²) in [4.78, 5) is 15.1. The molecule has 96 valence electrons. The van der Waals surface area contributed by atoms with Crippen LogP contribution in [0.4, 0.5) is 0 Å². The van der Waals surface area contributed by atoms with Crippen molar-refractivity contribution in [2.45, 2.75) is 25.2 Å². The zero-order valence-electron chi connectivity index (χ0n) is 10.5. The van der Waals surface area contributed by atoms with Crippen LogP contribution in [0.25, 0.3) is 11.1 Å². The molecule has 0 atom stereocenters. The molecule has 3 rings (SSSR count). The number of pyridine rings is 1. The highest BCUT2D eigenvalue weighted by Crippen LogP contribution is 2.40. The van der Waals surface area contributed by atoms with E-state index in [1.165, 1.54) is 31.0 Å². The molecule has 1 aliphatic carbocycles. The maximum atomic E-state index is 11.0. The van der Waals surface area contributed by atoms with E-state index in [2.05, 4.69) is 17.1 Å². The number of aromatic carboxylic acids is 1. The number of benzene rings is 1. The van der Waals surface area contributed by atoms with Gasteiger partial charge in [-0.3, -0.25) is 4.98 Å². The van der Waals surface area contributed by atoms with Gasteiger partial charge in [0.25, 0.3) is 0 Å². The molecule has 1 heterocycles. The first-order valence-corrected chi connectivity index (χ1v) is 6.53. The molecule has 0 aliphatic heterocycles. The molecule has 3 nitrogen and oxygen atoms in total. The first-order valence-electron chi connectivity index (χ1n) is 6.53. The van der Waals surface area contributed by atoms with Gasteiger partial charge in [0, 0.05) is 18.0 Å². The second-order valence-corrected chi connectivity index (χ2v) is 4.98. The molecule has 0 amide bonds. The highest BCUT2D eigenvalue weighted by atomic mass is 16.4.